The van der Waals surface area contributed by atoms with Crippen LogP contribution in [0.25, 0.3) is 0 Å². The van der Waals surface area contributed by atoms with Gasteiger partial charge in [-0.15, -0.1) is 0 Å². The van der Waals surface area contributed by atoms with Gasteiger partial charge in [0, 0.05) is 11.4 Å². The maximum Gasteiger partial charge on any atom is 0.298 e. The second-order valence-corrected chi connectivity index (χ2v) is 10.7. The minimum Gasteiger partial charge on any atom is -0.398 e. The van der Waals surface area contributed by atoms with E-state index in [-0.39, 0.29) is 22.7 Å². The molecule has 12 nitrogen and oxygen atoms in total. The predicted octanol–water partition coefficient (Wildman–Crippen LogP) is 2.01. The minimum atomic E-state index is -4.68. The molecular formula is C19H16Cl2N4O8S2. The molecule has 0 unspecified atom stereocenters. The lowest BCUT2D eigenvalue weighted by Crippen LogP contribution is -2.27. The first-order valence-corrected chi connectivity index (χ1v) is 12.8. The largest absolute Gasteiger partial charge is 0.398 e. The van der Waals surface area contributed by atoms with E-state index in [0.717, 1.165) is 25.3 Å². The molecule has 7 N–H and O–H groups in total. The van der Waals surface area contributed by atoms with E-state index in [1.807, 2.05) is 0 Å². The monoisotopic (exact) mass is 562 g/mol. The van der Waals surface area contributed by atoms with Crippen LogP contribution < -0.4 is 22.1 Å². The van der Waals surface area contributed by atoms with Crippen LogP contribution in [0.5, 0.6) is 0 Å². The van der Waals surface area contributed by atoms with Gasteiger partial charge in [0.25, 0.3) is 20.2 Å². The van der Waals surface area contributed by atoms with Gasteiger partial charge in [-0.25, -0.2) is 0 Å². The molecule has 2 aromatic carbocycles. The second kappa shape index (κ2) is 9.49. The lowest BCUT2D eigenvalue weighted by Gasteiger charge is -2.21. The first-order chi connectivity index (χ1) is 16.2. The summed E-state index contributed by atoms with van der Waals surface area (Å²) in [6.07, 6.45) is 0. The number of anilines is 4. The van der Waals surface area contributed by atoms with Crippen LogP contribution in [0, 0.1) is 0 Å². The fourth-order valence-corrected chi connectivity index (χ4v) is 4.82. The van der Waals surface area contributed by atoms with Gasteiger partial charge in [0.15, 0.2) is 0 Å². The number of nitrogens with one attached hydrogen (secondary N) is 2. The molecule has 0 fully saturated rings. The van der Waals surface area contributed by atoms with E-state index in [0.29, 0.717) is 0 Å². The fraction of sp³-hybridized carbons (Fsp3) is 0.0526. The fourth-order valence-electron chi connectivity index (χ4n) is 2.91. The van der Waals surface area contributed by atoms with E-state index >= 15 is 0 Å². The van der Waals surface area contributed by atoms with Gasteiger partial charge in [-0.05, 0) is 36.4 Å². The minimum absolute atomic E-state index is 0.0290. The number of hydrogen-bond donors (Lipinski definition) is 5. The molecule has 0 saturated carbocycles. The van der Waals surface area contributed by atoms with Crippen LogP contribution in [0.15, 0.2) is 67.6 Å². The maximum atomic E-state index is 12.9. The Morgan fingerprint density at radius 2 is 1.20 bits per heavy atom. The van der Waals surface area contributed by atoms with Crippen LogP contribution in [-0.4, -0.2) is 40.1 Å². The molecule has 35 heavy (non-hydrogen) atoms. The molecule has 0 atom stereocenters. The number of benzene rings is 2. The van der Waals surface area contributed by atoms with Gasteiger partial charge in [-0.3, -0.25) is 18.3 Å². The van der Waals surface area contributed by atoms with Crippen molar-refractivity contribution in [3.05, 3.63) is 57.9 Å². The maximum absolute atomic E-state index is 12.9. The lowest BCUT2D eigenvalue weighted by atomic mass is 10.0. The van der Waals surface area contributed by atoms with Gasteiger partial charge < -0.3 is 22.1 Å². The molecule has 0 saturated heterocycles. The number of carbonyl (C=O) groups excluding carboxylic acids is 2. The number of allylic oxidation sites excluding steroid dienone is 2. The molecule has 0 aliphatic heterocycles. The molecular weight excluding hydrogens is 547 g/mol. The van der Waals surface area contributed by atoms with Gasteiger partial charge in [0.1, 0.15) is 31.2 Å². The van der Waals surface area contributed by atoms with Gasteiger partial charge in [0.2, 0.25) is 11.6 Å². The van der Waals surface area contributed by atoms with Crippen LogP contribution in [0.4, 0.5) is 22.7 Å². The average Bonchev–Trinajstić information content (AvgIpc) is 2.79. The molecule has 1 aliphatic rings. The van der Waals surface area contributed by atoms with Crippen molar-refractivity contribution in [3.8, 4) is 0 Å². The topological polar surface area (TPSA) is 208 Å². The molecule has 186 valence electrons. The number of nitrogen functional groups attached to an aromatic ring is 2. The van der Waals surface area contributed by atoms with Crippen molar-refractivity contribution in [3.63, 3.8) is 0 Å². The summed E-state index contributed by atoms with van der Waals surface area (Å²) in [4.78, 5) is 24.7. The normalized spacial score (nSPS) is 15.0. The van der Waals surface area contributed by atoms with Crippen molar-refractivity contribution >= 4 is 77.8 Å². The molecule has 3 rings (SSSR count). The summed E-state index contributed by atoms with van der Waals surface area (Å²) < 4.78 is 60.7. The Morgan fingerprint density at radius 1 is 0.800 bits per heavy atom. The quantitative estimate of drug-likeness (QED) is 0.142. The standard InChI is InChI=1S/C19H16Cl2N4O8S2/c1-33-35(31,32)13-7-9(3-5-11(13)23)25-17-15(21)18(26)16(14(20)19(17)27)24-8-2-4-10(22)12(6-8)34(28,29)30/h2-7,24-25H,22-23H2,1H3,(H,28,29,30). The Labute approximate surface area is 209 Å². The van der Waals surface area contributed by atoms with E-state index in [1.165, 1.54) is 18.2 Å². The van der Waals surface area contributed by atoms with E-state index in [9.17, 15) is 31.0 Å². The highest BCUT2D eigenvalue weighted by Gasteiger charge is 2.34. The highest BCUT2D eigenvalue weighted by molar-refractivity contribution is 7.87. The Bertz CT molecular complexity index is 1550. The Hall–Kier alpha value is -3.14. The van der Waals surface area contributed by atoms with E-state index in [2.05, 4.69) is 14.8 Å². The summed E-state index contributed by atoms with van der Waals surface area (Å²) in [5, 5.41) is 3.85. The Morgan fingerprint density at radius 3 is 1.60 bits per heavy atom. The van der Waals surface area contributed by atoms with Crippen molar-refractivity contribution in [2.45, 2.75) is 9.79 Å². The van der Waals surface area contributed by atoms with E-state index in [1.54, 1.807) is 0 Å². The SMILES string of the molecule is COS(=O)(=O)c1cc(NC2=C(Cl)C(=O)C(Nc3ccc(N)c(S(=O)(=O)O)c3)=C(Cl)C2=O)ccc1N. The zero-order valence-electron chi connectivity index (χ0n) is 17.5. The van der Waals surface area contributed by atoms with Crippen LogP contribution in [0.1, 0.15) is 0 Å². The number of carbonyl (C=O) groups is 2. The lowest BCUT2D eigenvalue weighted by molar-refractivity contribution is -0.115. The van der Waals surface area contributed by atoms with Crippen molar-refractivity contribution in [1.29, 1.82) is 0 Å². The van der Waals surface area contributed by atoms with Gasteiger partial charge in [0.05, 0.1) is 18.5 Å². The van der Waals surface area contributed by atoms with E-state index < -0.39 is 63.1 Å². The zero-order valence-corrected chi connectivity index (χ0v) is 20.6. The first-order valence-electron chi connectivity index (χ1n) is 9.17. The number of ketones is 2. The number of halogens is 2. The van der Waals surface area contributed by atoms with Crippen molar-refractivity contribution in [2.75, 3.05) is 29.2 Å². The Balaban J connectivity index is 1.96. The van der Waals surface area contributed by atoms with E-state index in [4.69, 9.17) is 34.7 Å². The average molecular weight is 563 g/mol. The molecule has 0 radical (unpaired) electrons. The van der Waals surface area contributed by atoms with Crippen LogP contribution in [0.3, 0.4) is 0 Å². The highest BCUT2D eigenvalue weighted by Crippen LogP contribution is 2.33. The zero-order chi connectivity index (χ0) is 26.3. The summed E-state index contributed by atoms with van der Waals surface area (Å²) in [6.45, 7) is 0. The molecule has 0 aromatic heterocycles. The molecule has 0 bridgehead atoms. The Kier molecular flexibility index (Phi) is 7.17. The van der Waals surface area contributed by atoms with Gasteiger partial charge in [-0.2, -0.15) is 16.8 Å². The summed E-state index contributed by atoms with van der Waals surface area (Å²) in [6, 6.07) is 6.98. The summed E-state index contributed by atoms with van der Waals surface area (Å²) in [5.74, 6) is -1.87. The van der Waals surface area contributed by atoms with Crippen molar-refractivity contribution in [2.24, 2.45) is 0 Å². The van der Waals surface area contributed by atoms with Crippen LogP contribution >= 0.6 is 23.2 Å². The number of Topliss-reactive ketones (excluding diaryl/α,β-unsaturated/α-hetero) is 2. The summed E-state index contributed by atoms with van der Waals surface area (Å²) in [5.41, 5.74) is 9.89. The second-order valence-electron chi connectivity index (χ2n) is 6.89. The first kappa shape index (κ1) is 26.5. The molecule has 0 heterocycles. The molecule has 0 amide bonds. The predicted molar refractivity (Wildman–Crippen MR) is 129 cm³/mol. The molecule has 0 spiro atoms. The van der Waals surface area contributed by atoms with Gasteiger partial charge in [-0.1, -0.05) is 23.2 Å². The van der Waals surface area contributed by atoms with Gasteiger partial charge >= 0.3 is 0 Å². The van der Waals surface area contributed by atoms with Crippen molar-refractivity contribution < 1.29 is 35.2 Å². The summed E-state index contributed by atoms with van der Waals surface area (Å²) >= 11 is 12.2. The smallest absolute Gasteiger partial charge is 0.298 e. The van der Waals surface area contributed by atoms with Crippen LogP contribution in [-0.2, 0) is 34.0 Å². The highest BCUT2D eigenvalue weighted by atomic mass is 35.5. The third kappa shape index (κ3) is 5.27. The van der Waals surface area contributed by atoms with Crippen molar-refractivity contribution in [1.82, 2.24) is 0 Å². The number of nitrogens with two attached hydrogens (primary N) is 2. The third-order valence-electron chi connectivity index (χ3n) is 4.62. The number of rotatable bonds is 7. The molecule has 2 aromatic rings. The number of hydrogen-bond acceptors (Lipinski definition) is 11. The third-order valence-corrected chi connectivity index (χ3v) is 7.59. The molecule has 16 heteroatoms. The summed E-state index contributed by atoms with van der Waals surface area (Å²) in [7, 11) is -7.92. The molecule has 1 aliphatic carbocycles. The van der Waals surface area contributed by atoms with Crippen LogP contribution in [0.2, 0.25) is 0 Å².